The molecule has 0 spiro atoms. The van der Waals surface area contributed by atoms with E-state index in [1.54, 1.807) is 0 Å². The van der Waals surface area contributed by atoms with E-state index in [-0.39, 0.29) is 35.7 Å². The molecule has 2 aromatic rings. The third-order valence-electron chi connectivity index (χ3n) is 9.53. The maximum Gasteiger partial charge on any atom is 0.399 e. The maximum absolute atomic E-state index is 12.9. The van der Waals surface area contributed by atoms with Crippen molar-refractivity contribution in [2.45, 2.75) is 153 Å². The number of nitro benzene ring substituents is 1. The van der Waals surface area contributed by atoms with Gasteiger partial charge in [0.2, 0.25) is 11.4 Å². The Morgan fingerprint density at radius 3 is 2.22 bits per heavy atom. The Labute approximate surface area is 324 Å². The lowest BCUT2D eigenvalue weighted by molar-refractivity contribution is -0.383. The number of rotatable bonds is 30. The zero-order valence-electron chi connectivity index (χ0n) is 32.3. The van der Waals surface area contributed by atoms with E-state index in [4.69, 9.17) is 13.7 Å². The molecule has 1 aromatic heterocycles. The molecule has 1 amide bonds. The van der Waals surface area contributed by atoms with E-state index in [1.165, 1.54) is 50.7 Å². The first-order valence-corrected chi connectivity index (χ1v) is 21.1. The predicted molar refractivity (Wildman–Crippen MR) is 205 cm³/mol. The van der Waals surface area contributed by atoms with Gasteiger partial charge >= 0.3 is 16.1 Å². The Morgan fingerprint density at radius 1 is 0.909 bits per heavy atom. The van der Waals surface area contributed by atoms with Crippen LogP contribution in [0.5, 0.6) is 0 Å². The van der Waals surface area contributed by atoms with Gasteiger partial charge in [0.15, 0.2) is 11.8 Å². The SMILES string of the molecule is CCCCCCCC/C=C\CCCCCCCCO[C@H]1O[C@H](COS(=O)(=O)OC)[C@@H](O)[C@H](O)C1NC(=O)CCCCCNc1ccc([N+](=O)[O-])c2nonc12. The number of unbranched alkanes of at least 4 members (excludes halogenated alkanes) is 14. The van der Waals surface area contributed by atoms with Gasteiger partial charge in [-0.15, -0.1) is 0 Å². The number of non-ortho nitro benzene ring substituents is 1. The van der Waals surface area contributed by atoms with E-state index in [2.05, 4.69) is 48.8 Å². The van der Waals surface area contributed by atoms with Crippen LogP contribution in [0.2, 0.25) is 0 Å². The highest BCUT2D eigenvalue weighted by atomic mass is 32.3. The van der Waals surface area contributed by atoms with Gasteiger partial charge in [0.05, 0.1) is 24.3 Å². The van der Waals surface area contributed by atoms with Gasteiger partial charge in [-0.3, -0.25) is 19.1 Å². The number of nitrogens with zero attached hydrogens (tertiary/aromatic N) is 3. The summed E-state index contributed by atoms with van der Waals surface area (Å²) in [5, 5.41) is 46.2. The molecular formula is C37H61N5O12S. The van der Waals surface area contributed by atoms with E-state index in [1.807, 2.05) is 0 Å². The van der Waals surface area contributed by atoms with Crippen molar-refractivity contribution >= 4 is 38.7 Å². The molecule has 0 saturated carbocycles. The minimum Gasteiger partial charge on any atom is -0.388 e. The first-order chi connectivity index (χ1) is 26.6. The number of ether oxygens (including phenoxy) is 2. The van der Waals surface area contributed by atoms with Crippen LogP contribution in [0.15, 0.2) is 28.9 Å². The van der Waals surface area contributed by atoms with Gasteiger partial charge in [0.1, 0.15) is 24.4 Å². The molecule has 1 saturated heterocycles. The number of benzene rings is 1. The molecule has 0 aliphatic carbocycles. The molecule has 1 fully saturated rings. The fourth-order valence-corrected chi connectivity index (χ4v) is 6.72. The van der Waals surface area contributed by atoms with Gasteiger partial charge in [0, 0.05) is 25.6 Å². The largest absolute Gasteiger partial charge is 0.399 e. The molecule has 3 rings (SSSR count). The number of carbonyl (C=O) groups is 1. The number of carbonyl (C=O) groups excluding carboxylic acids is 1. The first kappa shape index (κ1) is 46.1. The third kappa shape index (κ3) is 16.8. The standard InChI is InChI=1S/C37H61N5O12S/c1-3-4-5-6-7-8-9-10-11-12-13-14-15-16-17-21-26-51-37-34(36(45)35(44)30(53-37)27-52-55(48,49)50-2)39-31(43)22-19-18-20-25-38-28-23-24-29(42(46)47)33-32(28)40-54-41-33/h10-11,23-24,30,34-38,44-45H,3-9,12-22,25-27H2,1-2H3,(H,39,43)/b11-10-/t30-,34?,35-,36-,37+/m1/s1. The second kappa shape index (κ2) is 25.8. The summed E-state index contributed by atoms with van der Waals surface area (Å²) in [5.41, 5.74) is 0.636. The number of aliphatic hydroxyl groups excluding tert-OH is 2. The Bertz CT molecular complexity index is 1540. The summed E-state index contributed by atoms with van der Waals surface area (Å²) >= 11 is 0. The van der Waals surface area contributed by atoms with Crippen molar-refractivity contribution in [2.75, 3.05) is 32.2 Å². The molecule has 0 bridgehead atoms. The minimum atomic E-state index is -4.33. The molecule has 1 aliphatic heterocycles. The number of allylic oxidation sites excluding steroid dienone is 2. The molecule has 1 aliphatic rings. The number of hydrogen-bond acceptors (Lipinski definition) is 15. The second-order valence-electron chi connectivity index (χ2n) is 13.9. The number of hydrogen-bond donors (Lipinski definition) is 4. The van der Waals surface area contributed by atoms with E-state index in [0.717, 1.165) is 52.1 Å². The molecule has 312 valence electrons. The number of fused-ring (bicyclic) bond motifs is 1. The predicted octanol–water partition coefficient (Wildman–Crippen LogP) is 6.00. The number of aliphatic hydroxyl groups is 2. The zero-order valence-corrected chi connectivity index (χ0v) is 33.1. The highest BCUT2D eigenvalue weighted by Gasteiger charge is 2.46. The molecule has 4 N–H and O–H groups in total. The van der Waals surface area contributed by atoms with Crippen LogP contribution in [0.3, 0.4) is 0 Å². The van der Waals surface area contributed by atoms with Crippen LogP contribution >= 0.6 is 0 Å². The lowest BCUT2D eigenvalue weighted by Gasteiger charge is -2.42. The maximum atomic E-state index is 12.9. The molecule has 0 radical (unpaired) electrons. The van der Waals surface area contributed by atoms with Crippen molar-refractivity contribution in [1.82, 2.24) is 15.6 Å². The molecule has 55 heavy (non-hydrogen) atoms. The lowest BCUT2D eigenvalue weighted by atomic mass is 9.96. The summed E-state index contributed by atoms with van der Waals surface area (Å²) in [7, 11) is -3.40. The van der Waals surface area contributed by atoms with Crippen LogP contribution in [0.25, 0.3) is 11.0 Å². The van der Waals surface area contributed by atoms with E-state index in [0.29, 0.717) is 37.9 Å². The molecule has 5 atom stereocenters. The third-order valence-corrected chi connectivity index (χ3v) is 10.4. The summed E-state index contributed by atoms with van der Waals surface area (Å²) in [6.45, 7) is 2.37. The highest BCUT2D eigenvalue weighted by molar-refractivity contribution is 7.81. The van der Waals surface area contributed by atoms with E-state index >= 15 is 0 Å². The summed E-state index contributed by atoms with van der Waals surface area (Å²) in [6, 6.07) is 1.75. The van der Waals surface area contributed by atoms with Crippen LogP contribution in [0, 0.1) is 10.1 Å². The van der Waals surface area contributed by atoms with Crippen molar-refractivity contribution in [1.29, 1.82) is 0 Å². The Kier molecular flexibility index (Phi) is 21.6. The summed E-state index contributed by atoms with van der Waals surface area (Å²) in [6.07, 6.45) is 17.2. The number of anilines is 1. The Morgan fingerprint density at radius 2 is 1.55 bits per heavy atom. The van der Waals surface area contributed by atoms with Gasteiger partial charge in [0.25, 0.3) is 0 Å². The Balaban J connectivity index is 1.38. The monoisotopic (exact) mass is 799 g/mol. The average molecular weight is 800 g/mol. The van der Waals surface area contributed by atoms with Crippen molar-refractivity contribution in [2.24, 2.45) is 0 Å². The quantitative estimate of drug-likeness (QED) is 0.0307. The average Bonchev–Trinajstić information content (AvgIpc) is 3.67. The normalized spacial score (nSPS) is 20.3. The van der Waals surface area contributed by atoms with Crippen LogP contribution in [0.1, 0.15) is 122 Å². The van der Waals surface area contributed by atoms with Crippen molar-refractivity contribution in [3.05, 3.63) is 34.4 Å². The second-order valence-corrected chi connectivity index (χ2v) is 15.3. The number of aromatic nitrogens is 2. The smallest absolute Gasteiger partial charge is 0.388 e. The van der Waals surface area contributed by atoms with Crippen molar-refractivity contribution < 1.29 is 50.8 Å². The van der Waals surface area contributed by atoms with Gasteiger partial charge in [-0.05, 0) is 61.3 Å². The van der Waals surface area contributed by atoms with Crippen molar-refractivity contribution in [3.8, 4) is 0 Å². The van der Waals surface area contributed by atoms with Crippen LogP contribution in [0.4, 0.5) is 11.4 Å². The van der Waals surface area contributed by atoms with Crippen LogP contribution in [-0.4, -0.2) is 97.3 Å². The number of amides is 1. The fraction of sp³-hybridized carbons (Fsp3) is 0.757. The Hall–Kier alpha value is -3.26. The molecule has 2 heterocycles. The zero-order chi connectivity index (χ0) is 39.9. The lowest BCUT2D eigenvalue weighted by Crippen LogP contribution is -2.65. The minimum absolute atomic E-state index is 0.0508. The van der Waals surface area contributed by atoms with E-state index < -0.39 is 52.6 Å². The van der Waals surface area contributed by atoms with Gasteiger partial charge in [-0.2, -0.15) is 8.42 Å². The van der Waals surface area contributed by atoms with Crippen LogP contribution in [-0.2, 0) is 33.0 Å². The van der Waals surface area contributed by atoms with Crippen LogP contribution < -0.4 is 10.6 Å². The summed E-state index contributed by atoms with van der Waals surface area (Å²) in [4.78, 5) is 23.6. The number of nitro groups is 1. The summed E-state index contributed by atoms with van der Waals surface area (Å²) < 4.78 is 48.9. The van der Waals surface area contributed by atoms with Crippen molar-refractivity contribution in [3.63, 3.8) is 0 Å². The molecule has 17 nitrogen and oxygen atoms in total. The molecule has 1 aromatic carbocycles. The molecule has 1 unspecified atom stereocenters. The van der Waals surface area contributed by atoms with Gasteiger partial charge in [-0.1, -0.05) is 83.3 Å². The topological polar surface area (TPSA) is 235 Å². The molecular weight excluding hydrogens is 738 g/mol. The van der Waals surface area contributed by atoms with Gasteiger partial charge in [-0.25, -0.2) is 8.81 Å². The fourth-order valence-electron chi connectivity index (χ4n) is 6.32. The molecule has 18 heteroatoms. The number of nitrogens with one attached hydrogen (secondary N) is 2. The summed E-state index contributed by atoms with van der Waals surface area (Å²) in [5.74, 6) is -0.388. The van der Waals surface area contributed by atoms with E-state index in [9.17, 15) is 33.5 Å². The first-order valence-electron chi connectivity index (χ1n) is 19.7. The van der Waals surface area contributed by atoms with Gasteiger partial charge < -0.3 is 30.3 Å². The highest BCUT2D eigenvalue weighted by Crippen LogP contribution is 2.29.